The van der Waals surface area contributed by atoms with Crippen molar-refractivity contribution in [2.24, 2.45) is 11.3 Å². The Kier molecular flexibility index (Phi) is 4.35. The van der Waals surface area contributed by atoms with Gasteiger partial charge in [-0.15, -0.1) is 0 Å². The standard InChI is InChI=1S/C15H30N2O/c1-13(2)15(7-8-16-10-15)12-17-9-5-6-14(3,11-17)18-4/h13,16H,5-12H2,1-4H3. The van der Waals surface area contributed by atoms with Crippen LogP contribution in [0.15, 0.2) is 0 Å². The first kappa shape index (κ1) is 14.3. The molecule has 0 amide bonds. The summed E-state index contributed by atoms with van der Waals surface area (Å²) >= 11 is 0. The van der Waals surface area contributed by atoms with Gasteiger partial charge in [0.25, 0.3) is 0 Å². The maximum Gasteiger partial charge on any atom is 0.0777 e. The molecule has 0 aromatic rings. The summed E-state index contributed by atoms with van der Waals surface area (Å²) in [6.07, 6.45) is 3.80. The minimum absolute atomic E-state index is 0.0719. The van der Waals surface area contributed by atoms with Crippen LogP contribution in [0.5, 0.6) is 0 Å². The minimum Gasteiger partial charge on any atom is -0.377 e. The molecule has 2 aliphatic heterocycles. The van der Waals surface area contributed by atoms with Crippen molar-refractivity contribution in [3.8, 4) is 0 Å². The molecule has 2 fully saturated rings. The van der Waals surface area contributed by atoms with Crippen molar-refractivity contribution in [1.29, 1.82) is 0 Å². The summed E-state index contributed by atoms with van der Waals surface area (Å²) in [5.74, 6) is 0.753. The van der Waals surface area contributed by atoms with Crippen molar-refractivity contribution in [2.45, 2.75) is 45.6 Å². The van der Waals surface area contributed by atoms with Crippen LogP contribution < -0.4 is 5.32 Å². The van der Waals surface area contributed by atoms with Crippen molar-refractivity contribution in [3.05, 3.63) is 0 Å². The number of methoxy groups -OCH3 is 1. The normalized spacial score (nSPS) is 38.5. The Morgan fingerprint density at radius 1 is 1.33 bits per heavy atom. The molecule has 0 saturated carbocycles. The van der Waals surface area contributed by atoms with Gasteiger partial charge in [0.2, 0.25) is 0 Å². The van der Waals surface area contributed by atoms with Gasteiger partial charge in [-0.05, 0) is 50.6 Å². The van der Waals surface area contributed by atoms with Gasteiger partial charge in [0.1, 0.15) is 0 Å². The molecule has 1 N–H and O–H groups in total. The van der Waals surface area contributed by atoms with Crippen molar-refractivity contribution in [1.82, 2.24) is 10.2 Å². The number of rotatable bonds is 4. The predicted molar refractivity (Wildman–Crippen MR) is 75.8 cm³/mol. The molecule has 2 saturated heterocycles. The second-order valence-electron chi connectivity index (χ2n) is 6.91. The van der Waals surface area contributed by atoms with Crippen LogP contribution >= 0.6 is 0 Å². The first-order valence-corrected chi connectivity index (χ1v) is 7.48. The van der Waals surface area contributed by atoms with Crippen LogP contribution in [-0.4, -0.2) is 50.3 Å². The van der Waals surface area contributed by atoms with E-state index in [2.05, 4.69) is 31.0 Å². The molecule has 0 aromatic carbocycles. The zero-order valence-electron chi connectivity index (χ0n) is 12.6. The molecule has 0 spiro atoms. The molecular formula is C15H30N2O. The lowest BCUT2D eigenvalue weighted by Crippen LogP contribution is -2.52. The summed E-state index contributed by atoms with van der Waals surface area (Å²) in [4.78, 5) is 2.64. The first-order chi connectivity index (χ1) is 8.50. The average Bonchev–Trinajstić information content (AvgIpc) is 2.79. The Labute approximate surface area is 112 Å². The minimum atomic E-state index is 0.0719. The van der Waals surface area contributed by atoms with E-state index in [0.717, 1.165) is 12.5 Å². The highest BCUT2D eigenvalue weighted by atomic mass is 16.5. The molecule has 0 aromatic heterocycles. The number of likely N-dealkylation sites (tertiary alicyclic amines) is 1. The van der Waals surface area contributed by atoms with E-state index in [1.807, 2.05) is 7.11 Å². The van der Waals surface area contributed by atoms with E-state index in [9.17, 15) is 0 Å². The van der Waals surface area contributed by atoms with E-state index in [4.69, 9.17) is 4.74 Å². The number of ether oxygens (including phenoxy) is 1. The van der Waals surface area contributed by atoms with Crippen LogP contribution in [0.1, 0.15) is 40.0 Å². The van der Waals surface area contributed by atoms with Crippen LogP contribution in [0.2, 0.25) is 0 Å². The molecular weight excluding hydrogens is 224 g/mol. The fraction of sp³-hybridized carbons (Fsp3) is 1.00. The van der Waals surface area contributed by atoms with Gasteiger partial charge in [0, 0.05) is 26.7 Å². The molecule has 2 atom stereocenters. The van der Waals surface area contributed by atoms with Crippen molar-refractivity contribution < 1.29 is 4.74 Å². The number of nitrogens with one attached hydrogen (secondary N) is 1. The molecule has 3 heteroatoms. The van der Waals surface area contributed by atoms with Gasteiger partial charge >= 0.3 is 0 Å². The van der Waals surface area contributed by atoms with Crippen LogP contribution in [0, 0.1) is 11.3 Å². The fourth-order valence-corrected chi connectivity index (χ4v) is 3.63. The topological polar surface area (TPSA) is 24.5 Å². The molecule has 2 aliphatic rings. The van der Waals surface area contributed by atoms with E-state index in [0.29, 0.717) is 5.41 Å². The molecule has 106 valence electrons. The Bertz CT molecular complexity index is 274. The van der Waals surface area contributed by atoms with Crippen molar-refractivity contribution in [3.63, 3.8) is 0 Å². The van der Waals surface area contributed by atoms with Gasteiger partial charge < -0.3 is 10.1 Å². The fourth-order valence-electron chi connectivity index (χ4n) is 3.63. The highest BCUT2D eigenvalue weighted by Gasteiger charge is 2.40. The van der Waals surface area contributed by atoms with Crippen molar-refractivity contribution >= 4 is 0 Å². The van der Waals surface area contributed by atoms with Gasteiger partial charge in [-0.3, -0.25) is 4.90 Å². The predicted octanol–water partition coefficient (Wildman–Crippen LogP) is 2.12. The third-order valence-electron chi connectivity index (χ3n) is 5.27. The molecule has 0 bridgehead atoms. The smallest absolute Gasteiger partial charge is 0.0777 e. The SMILES string of the molecule is COC1(C)CCCN(CC2(C(C)C)CCNC2)C1. The summed E-state index contributed by atoms with van der Waals surface area (Å²) < 4.78 is 5.71. The second-order valence-corrected chi connectivity index (χ2v) is 6.91. The van der Waals surface area contributed by atoms with Crippen LogP contribution in [0.25, 0.3) is 0 Å². The molecule has 3 nitrogen and oxygen atoms in total. The quantitative estimate of drug-likeness (QED) is 0.832. The Balaban J connectivity index is 1.99. The number of hydrogen-bond donors (Lipinski definition) is 1. The Hall–Kier alpha value is -0.120. The van der Waals surface area contributed by atoms with Crippen LogP contribution in [-0.2, 0) is 4.74 Å². The molecule has 18 heavy (non-hydrogen) atoms. The van der Waals surface area contributed by atoms with Crippen molar-refractivity contribution in [2.75, 3.05) is 39.8 Å². The molecule has 0 aliphatic carbocycles. The van der Waals surface area contributed by atoms with Gasteiger partial charge in [-0.2, -0.15) is 0 Å². The second kappa shape index (κ2) is 5.48. The van der Waals surface area contributed by atoms with Gasteiger partial charge in [-0.25, -0.2) is 0 Å². The van der Waals surface area contributed by atoms with Gasteiger partial charge in [0.05, 0.1) is 5.60 Å². The molecule has 2 rings (SSSR count). The van der Waals surface area contributed by atoms with Gasteiger partial charge in [-0.1, -0.05) is 13.8 Å². The lowest BCUT2D eigenvalue weighted by molar-refractivity contribution is -0.0613. The molecule has 2 heterocycles. The monoisotopic (exact) mass is 254 g/mol. The Morgan fingerprint density at radius 2 is 2.11 bits per heavy atom. The first-order valence-electron chi connectivity index (χ1n) is 7.48. The molecule has 2 unspecified atom stereocenters. The number of hydrogen-bond acceptors (Lipinski definition) is 3. The lowest BCUT2D eigenvalue weighted by atomic mass is 9.75. The molecule has 0 radical (unpaired) electrons. The Morgan fingerprint density at radius 3 is 2.67 bits per heavy atom. The van der Waals surface area contributed by atoms with Gasteiger partial charge in [0.15, 0.2) is 0 Å². The van der Waals surface area contributed by atoms with E-state index in [1.54, 1.807) is 0 Å². The van der Waals surface area contributed by atoms with E-state index in [1.165, 1.54) is 45.4 Å². The summed E-state index contributed by atoms with van der Waals surface area (Å²) in [6.45, 7) is 13.0. The maximum atomic E-state index is 5.71. The zero-order valence-corrected chi connectivity index (χ0v) is 12.6. The summed E-state index contributed by atoms with van der Waals surface area (Å²) in [5, 5.41) is 3.56. The lowest BCUT2D eigenvalue weighted by Gasteiger charge is -2.44. The highest BCUT2D eigenvalue weighted by Crippen LogP contribution is 2.36. The number of piperidine rings is 1. The summed E-state index contributed by atoms with van der Waals surface area (Å²) in [5.41, 5.74) is 0.550. The third kappa shape index (κ3) is 2.89. The summed E-state index contributed by atoms with van der Waals surface area (Å²) in [6, 6.07) is 0. The highest BCUT2D eigenvalue weighted by molar-refractivity contribution is 4.95. The average molecular weight is 254 g/mol. The maximum absolute atomic E-state index is 5.71. The third-order valence-corrected chi connectivity index (χ3v) is 5.27. The zero-order chi connectivity index (χ0) is 13.2. The van der Waals surface area contributed by atoms with Crippen LogP contribution in [0.3, 0.4) is 0 Å². The van der Waals surface area contributed by atoms with Crippen LogP contribution in [0.4, 0.5) is 0 Å². The number of nitrogens with zero attached hydrogens (tertiary/aromatic N) is 1. The summed E-state index contributed by atoms with van der Waals surface area (Å²) in [7, 11) is 1.86. The van der Waals surface area contributed by atoms with E-state index < -0.39 is 0 Å². The van der Waals surface area contributed by atoms with E-state index >= 15 is 0 Å². The largest absolute Gasteiger partial charge is 0.377 e. The van der Waals surface area contributed by atoms with E-state index in [-0.39, 0.29) is 5.60 Å².